The minimum absolute atomic E-state index is 0.284. The molecule has 7 heteroatoms. The number of hydrogen-bond donors (Lipinski definition) is 2. The van der Waals surface area contributed by atoms with Crippen LogP contribution in [0.2, 0.25) is 0 Å². The summed E-state index contributed by atoms with van der Waals surface area (Å²) in [5.74, 6) is 0.843. The van der Waals surface area contributed by atoms with E-state index in [1.54, 1.807) is 36.3 Å². The first-order valence-corrected chi connectivity index (χ1v) is 7.07. The molecule has 1 atom stereocenters. The average Bonchev–Trinajstić information content (AvgIpc) is 3.34. The van der Waals surface area contributed by atoms with E-state index in [1.807, 2.05) is 0 Å². The van der Waals surface area contributed by atoms with Gasteiger partial charge in [0.25, 0.3) is 0 Å². The van der Waals surface area contributed by atoms with Crippen molar-refractivity contribution in [2.45, 2.75) is 25.0 Å². The Morgan fingerprint density at radius 2 is 2.32 bits per heavy atom. The molecule has 0 spiro atoms. The summed E-state index contributed by atoms with van der Waals surface area (Å²) in [6.45, 7) is 3.61. The number of pyridine rings is 1. The Morgan fingerprint density at radius 1 is 1.55 bits per heavy atom. The van der Waals surface area contributed by atoms with Gasteiger partial charge in [-0.1, -0.05) is 6.07 Å². The van der Waals surface area contributed by atoms with Crippen LogP contribution < -0.4 is 5.73 Å². The molecule has 0 radical (unpaired) electrons. The lowest BCUT2D eigenvalue weighted by molar-refractivity contribution is 0.213. The summed E-state index contributed by atoms with van der Waals surface area (Å²) in [6, 6.07) is 3.84. The molecule has 0 amide bonds. The lowest BCUT2D eigenvalue weighted by Crippen LogP contribution is -2.16. The van der Waals surface area contributed by atoms with E-state index in [9.17, 15) is 5.11 Å². The molecule has 2 aromatic rings. The van der Waals surface area contributed by atoms with Crippen LogP contribution in [0.3, 0.4) is 0 Å². The molecule has 1 aliphatic rings. The molecule has 22 heavy (non-hydrogen) atoms. The molecule has 1 saturated carbocycles. The molecular formula is C15H18N6O. The number of aliphatic hydroxyl groups excluding tert-OH is 1. The van der Waals surface area contributed by atoms with E-state index >= 15 is 0 Å². The number of rotatable bonds is 5. The number of aromatic nitrogens is 3. The van der Waals surface area contributed by atoms with Crippen molar-refractivity contribution in [2.75, 3.05) is 7.05 Å². The minimum Gasteiger partial charge on any atom is -0.383 e. The van der Waals surface area contributed by atoms with Crippen LogP contribution in [-0.4, -0.2) is 39.5 Å². The largest absolute Gasteiger partial charge is 0.383 e. The average molecular weight is 298 g/mol. The van der Waals surface area contributed by atoms with Gasteiger partial charge >= 0.3 is 0 Å². The van der Waals surface area contributed by atoms with Crippen LogP contribution in [0.1, 0.15) is 41.8 Å². The minimum atomic E-state index is -0.940. The van der Waals surface area contributed by atoms with Gasteiger partial charge in [-0.15, -0.1) is 0 Å². The number of amidine groups is 1. The fourth-order valence-corrected chi connectivity index (χ4v) is 2.41. The zero-order chi connectivity index (χ0) is 15.7. The van der Waals surface area contributed by atoms with Gasteiger partial charge in [-0.2, -0.15) is 5.10 Å². The van der Waals surface area contributed by atoms with Crippen molar-refractivity contribution in [2.24, 2.45) is 15.7 Å². The quantitative estimate of drug-likeness (QED) is 0.642. The Morgan fingerprint density at radius 3 is 2.86 bits per heavy atom. The maximum Gasteiger partial charge on any atom is 0.161 e. The van der Waals surface area contributed by atoms with Crippen molar-refractivity contribution in [3.05, 3.63) is 41.3 Å². The third-order valence-electron chi connectivity index (χ3n) is 3.71. The molecular weight excluding hydrogens is 280 g/mol. The number of aliphatic hydroxyl groups is 1. The van der Waals surface area contributed by atoms with Gasteiger partial charge in [-0.05, 0) is 25.6 Å². The highest BCUT2D eigenvalue weighted by molar-refractivity contribution is 6.02. The molecule has 1 fully saturated rings. The summed E-state index contributed by atoms with van der Waals surface area (Å²) in [7, 11) is 1.59. The van der Waals surface area contributed by atoms with Crippen LogP contribution in [0.15, 0.2) is 34.5 Å². The summed E-state index contributed by atoms with van der Waals surface area (Å²) in [5.41, 5.74) is 7.62. The van der Waals surface area contributed by atoms with E-state index in [1.165, 1.54) is 0 Å². The smallest absolute Gasteiger partial charge is 0.161 e. The van der Waals surface area contributed by atoms with E-state index in [0.717, 1.165) is 12.8 Å². The maximum absolute atomic E-state index is 10.7. The van der Waals surface area contributed by atoms with E-state index in [0.29, 0.717) is 28.7 Å². The Balaban J connectivity index is 2.15. The first-order chi connectivity index (χ1) is 10.7. The highest BCUT2D eigenvalue weighted by Gasteiger charge is 2.33. The molecule has 7 nitrogen and oxygen atoms in total. The predicted molar refractivity (Wildman–Crippen MR) is 84.7 cm³/mol. The van der Waals surface area contributed by atoms with E-state index in [2.05, 4.69) is 26.8 Å². The third-order valence-corrected chi connectivity index (χ3v) is 3.71. The zero-order valence-corrected chi connectivity index (χ0v) is 12.3. The molecule has 0 aliphatic heterocycles. The molecule has 3 rings (SSSR count). The molecule has 2 aromatic heterocycles. The summed E-state index contributed by atoms with van der Waals surface area (Å²) >= 11 is 0. The summed E-state index contributed by atoms with van der Waals surface area (Å²) in [4.78, 5) is 12.1. The molecule has 114 valence electrons. The van der Waals surface area contributed by atoms with Crippen molar-refractivity contribution < 1.29 is 5.11 Å². The SMILES string of the molecule is C=Nc1c(C(N)=NC)c(C(O)c2cccnc2)nn1C1CC1. The Labute approximate surface area is 128 Å². The second kappa shape index (κ2) is 5.69. The van der Waals surface area contributed by atoms with Gasteiger partial charge in [-0.25, -0.2) is 9.67 Å². The summed E-state index contributed by atoms with van der Waals surface area (Å²) in [6.07, 6.45) is 4.39. The van der Waals surface area contributed by atoms with E-state index < -0.39 is 6.10 Å². The Hall–Kier alpha value is -2.54. The molecule has 0 bridgehead atoms. The van der Waals surface area contributed by atoms with Crippen molar-refractivity contribution in [3.8, 4) is 0 Å². The molecule has 3 N–H and O–H groups in total. The summed E-state index contributed by atoms with van der Waals surface area (Å²) < 4.78 is 1.79. The Bertz CT molecular complexity index is 717. The standard InChI is InChI=1S/C15H18N6O/c1-17-14(16)11-12(13(22)9-4-3-7-19-8-9)20-21(10-5-6-10)15(11)18-2/h3-4,7-8,10,13,22H,2,5-6H2,1H3,(H2,16,17). The highest BCUT2D eigenvalue weighted by Crippen LogP contribution is 2.41. The van der Waals surface area contributed by atoms with Crippen molar-refractivity contribution in [1.82, 2.24) is 14.8 Å². The fourth-order valence-electron chi connectivity index (χ4n) is 2.41. The molecule has 2 heterocycles. The highest BCUT2D eigenvalue weighted by atomic mass is 16.3. The molecule has 0 saturated heterocycles. The van der Waals surface area contributed by atoms with Crippen LogP contribution >= 0.6 is 0 Å². The van der Waals surface area contributed by atoms with Gasteiger partial charge in [-0.3, -0.25) is 9.98 Å². The van der Waals surface area contributed by atoms with Gasteiger partial charge in [0.05, 0.1) is 11.6 Å². The zero-order valence-electron chi connectivity index (χ0n) is 12.3. The number of hydrogen-bond acceptors (Lipinski definition) is 5. The normalized spacial score (nSPS) is 16.5. The van der Waals surface area contributed by atoms with Crippen LogP contribution in [0.25, 0.3) is 0 Å². The van der Waals surface area contributed by atoms with Gasteiger partial charge in [0.1, 0.15) is 17.6 Å². The van der Waals surface area contributed by atoms with Crippen molar-refractivity contribution in [3.63, 3.8) is 0 Å². The van der Waals surface area contributed by atoms with Crippen LogP contribution in [0.5, 0.6) is 0 Å². The first-order valence-electron chi connectivity index (χ1n) is 7.07. The third kappa shape index (κ3) is 2.39. The monoisotopic (exact) mass is 298 g/mol. The van der Waals surface area contributed by atoms with Crippen LogP contribution in [0, 0.1) is 0 Å². The van der Waals surface area contributed by atoms with Crippen LogP contribution in [-0.2, 0) is 0 Å². The lowest BCUT2D eigenvalue weighted by atomic mass is 10.0. The van der Waals surface area contributed by atoms with E-state index in [4.69, 9.17) is 5.73 Å². The van der Waals surface area contributed by atoms with Crippen molar-refractivity contribution >= 4 is 18.4 Å². The first kappa shape index (κ1) is 14.4. The number of nitrogens with zero attached hydrogens (tertiary/aromatic N) is 5. The predicted octanol–water partition coefficient (Wildman–Crippen LogP) is 1.36. The Kier molecular flexibility index (Phi) is 3.72. The fraction of sp³-hybridized carbons (Fsp3) is 0.333. The van der Waals surface area contributed by atoms with Gasteiger partial charge in [0.2, 0.25) is 0 Å². The number of nitrogens with two attached hydrogens (primary N) is 1. The molecule has 0 aromatic carbocycles. The van der Waals surface area contributed by atoms with Crippen molar-refractivity contribution in [1.29, 1.82) is 0 Å². The lowest BCUT2D eigenvalue weighted by Gasteiger charge is -2.10. The topological polar surface area (TPSA) is 102 Å². The second-order valence-corrected chi connectivity index (χ2v) is 5.22. The maximum atomic E-state index is 10.7. The van der Waals surface area contributed by atoms with E-state index in [-0.39, 0.29) is 5.84 Å². The summed E-state index contributed by atoms with van der Waals surface area (Å²) in [5, 5.41) is 15.2. The van der Waals surface area contributed by atoms with Gasteiger partial charge in [0, 0.05) is 25.0 Å². The molecule has 1 unspecified atom stereocenters. The van der Waals surface area contributed by atoms with Gasteiger partial charge < -0.3 is 10.8 Å². The second-order valence-electron chi connectivity index (χ2n) is 5.22. The molecule has 1 aliphatic carbocycles. The number of aliphatic imine (C=N–C) groups is 2. The van der Waals surface area contributed by atoms with Gasteiger partial charge in [0.15, 0.2) is 5.82 Å². The van der Waals surface area contributed by atoms with Crippen LogP contribution in [0.4, 0.5) is 5.82 Å².